The molecule has 2 heteroatoms. The molecular formula is C9H17NSi. The zero-order valence-corrected chi connectivity index (χ0v) is 9.08. The van der Waals surface area contributed by atoms with Crippen molar-refractivity contribution in [3.8, 4) is 0 Å². The molecule has 0 saturated heterocycles. The van der Waals surface area contributed by atoms with Gasteiger partial charge in [-0.15, -0.1) is 0 Å². The van der Waals surface area contributed by atoms with Crippen molar-refractivity contribution < 1.29 is 0 Å². The van der Waals surface area contributed by atoms with Crippen molar-refractivity contribution in [2.24, 2.45) is 0 Å². The SMILES string of the molecule is Cc1c[nH]c([Si](C)(C)C)c1C. The Morgan fingerprint density at radius 1 is 1.18 bits per heavy atom. The van der Waals surface area contributed by atoms with Gasteiger partial charge in [0, 0.05) is 11.5 Å². The standard InChI is InChI=1S/C9H17NSi/c1-7-6-10-9(8(7)2)11(3,4)5/h6,10H,1-5H3. The summed E-state index contributed by atoms with van der Waals surface area (Å²) in [6.45, 7) is 11.5. The number of aromatic amines is 1. The van der Waals surface area contributed by atoms with Crippen LogP contribution in [0.4, 0.5) is 0 Å². The fourth-order valence-corrected chi connectivity index (χ4v) is 3.20. The second-order valence-electron chi connectivity index (χ2n) is 4.22. The summed E-state index contributed by atoms with van der Waals surface area (Å²) < 4.78 is 0. The van der Waals surface area contributed by atoms with Gasteiger partial charge < -0.3 is 4.98 Å². The number of rotatable bonds is 1. The zero-order valence-electron chi connectivity index (χ0n) is 8.08. The van der Waals surface area contributed by atoms with Gasteiger partial charge in [0.25, 0.3) is 0 Å². The van der Waals surface area contributed by atoms with Crippen LogP contribution < -0.4 is 5.32 Å². The van der Waals surface area contributed by atoms with Gasteiger partial charge in [-0.2, -0.15) is 0 Å². The van der Waals surface area contributed by atoms with Crippen molar-refractivity contribution in [1.82, 2.24) is 4.98 Å². The van der Waals surface area contributed by atoms with Crippen LogP contribution in [0.1, 0.15) is 11.1 Å². The highest BCUT2D eigenvalue weighted by atomic mass is 28.3. The van der Waals surface area contributed by atoms with Crippen LogP contribution in [0.5, 0.6) is 0 Å². The van der Waals surface area contributed by atoms with E-state index in [1.807, 2.05) is 0 Å². The minimum absolute atomic E-state index is 1.11. The van der Waals surface area contributed by atoms with E-state index in [1.54, 1.807) is 0 Å². The van der Waals surface area contributed by atoms with Gasteiger partial charge in [0.05, 0.1) is 8.07 Å². The molecule has 1 aromatic heterocycles. The summed E-state index contributed by atoms with van der Waals surface area (Å²) >= 11 is 0. The molecule has 1 heterocycles. The number of hydrogen-bond acceptors (Lipinski definition) is 0. The first-order valence-corrected chi connectivity index (χ1v) is 7.58. The summed E-state index contributed by atoms with van der Waals surface area (Å²) in [6.07, 6.45) is 2.11. The maximum absolute atomic E-state index is 3.38. The van der Waals surface area contributed by atoms with Crippen LogP contribution >= 0.6 is 0 Å². The summed E-state index contributed by atoms with van der Waals surface area (Å²) in [7, 11) is -1.11. The molecule has 0 bridgehead atoms. The maximum Gasteiger partial charge on any atom is 0.0985 e. The molecule has 1 aromatic rings. The van der Waals surface area contributed by atoms with Gasteiger partial charge >= 0.3 is 0 Å². The number of aromatic nitrogens is 1. The highest BCUT2D eigenvalue weighted by molar-refractivity contribution is 6.88. The van der Waals surface area contributed by atoms with Gasteiger partial charge in [-0.05, 0) is 25.0 Å². The first kappa shape index (κ1) is 8.59. The molecule has 1 nitrogen and oxygen atoms in total. The molecule has 0 aliphatic rings. The lowest BCUT2D eigenvalue weighted by molar-refractivity contribution is 1.40. The lowest BCUT2D eigenvalue weighted by Crippen LogP contribution is -2.40. The Hall–Kier alpha value is -0.503. The van der Waals surface area contributed by atoms with Gasteiger partial charge in [-0.25, -0.2) is 0 Å². The third-order valence-electron chi connectivity index (χ3n) is 2.15. The maximum atomic E-state index is 3.38. The third kappa shape index (κ3) is 1.56. The average molecular weight is 167 g/mol. The molecule has 0 saturated carbocycles. The first-order chi connectivity index (χ1) is 4.93. The molecule has 0 radical (unpaired) electrons. The Morgan fingerprint density at radius 2 is 1.73 bits per heavy atom. The number of H-pyrrole nitrogens is 1. The summed E-state index contributed by atoms with van der Waals surface area (Å²) in [4.78, 5) is 3.38. The van der Waals surface area contributed by atoms with Crippen molar-refractivity contribution in [2.75, 3.05) is 0 Å². The van der Waals surface area contributed by atoms with E-state index >= 15 is 0 Å². The quantitative estimate of drug-likeness (QED) is 0.617. The number of hydrogen-bond donors (Lipinski definition) is 1. The molecule has 0 atom stereocenters. The van der Waals surface area contributed by atoms with Crippen molar-refractivity contribution in [2.45, 2.75) is 33.5 Å². The van der Waals surface area contributed by atoms with Crippen molar-refractivity contribution in [3.05, 3.63) is 17.3 Å². The first-order valence-electron chi connectivity index (χ1n) is 4.08. The van der Waals surface area contributed by atoms with E-state index in [0.29, 0.717) is 0 Å². The molecule has 0 aliphatic carbocycles. The van der Waals surface area contributed by atoms with E-state index in [1.165, 1.54) is 16.4 Å². The van der Waals surface area contributed by atoms with E-state index in [-0.39, 0.29) is 0 Å². The van der Waals surface area contributed by atoms with E-state index in [4.69, 9.17) is 0 Å². The van der Waals surface area contributed by atoms with Crippen LogP contribution in [0, 0.1) is 13.8 Å². The molecule has 0 unspecified atom stereocenters. The molecule has 1 N–H and O–H groups in total. The Morgan fingerprint density at radius 3 is 1.91 bits per heavy atom. The molecule has 62 valence electrons. The van der Waals surface area contributed by atoms with E-state index in [0.717, 1.165) is 0 Å². The van der Waals surface area contributed by atoms with Crippen molar-refractivity contribution >= 4 is 13.4 Å². The summed E-state index contributed by atoms with van der Waals surface area (Å²) in [5.74, 6) is 0. The van der Waals surface area contributed by atoms with Crippen LogP contribution in [0.15, 0.2) is 6.20 Å². The Kier molecular flexibility index (Phi) is 1.97. The molecule has 0 aliphatic heterocycles. The molecule has 0 spiro atoms. The molecule has 1 rings (SSSR count). The molecule has 11 heavy (non-hydrogen) atoms. The van der Waals surface area contributed by atoms with Gasteiger partial charge in [0.15, 0.2) is 0 Å². The lowest BCUT2D eigenvalue weighted by Gasteiger charge is -2.15. The Bertz CT molecular complexity index is 255. The number of nitrogens with one attached hydrogen (secondary N) is 1. The monoisotopic (exact) mass is 167 g/mol. The second kappa shape index (κ2) is 2.52. The van der Waals surface area contributed by atoms with Gasteiger partial charge in [0.2, 0.25) is 0 Å². The molecule has 0 aromatic carbocycles. The summed E-state index contributed by atoms with van der Waals surface area (Å²) in [5.41, 5.74) is 2.85. The van der Waals surface area contributed by atoms with Crippen molar-refractivity contribution in [3.63, 3.8) is 0 Å². The predicted molar refractivity (Wildman–Crippen MR) is 53.2 cm³/mol. The van der Waals surface area contributed by atoms with Gasteiger partial charge in [0.1, 0.15) is 0 Å². The highest BCUT2D eigenvalue weighted by Gasteiger charge is 2.20. The van der Waals surface area contributed by atoms with Crippen LogP contribution in [-0.2, 0) is 0 Å². The summed E-state index contributed by atoms with van der Waals surface area (Å²) in [6, 6.07) is 0. The van der Waals surface area contributed by atoms with Crippen LogP contribution in [0.3, 0.4) is 0 Å². The normalized spacial score (nSPS) is 12.1. The van der Waals surface area contributed by atoms with E-state index < -0.39 is 8.07 Å². The number of aryl methyl sites for hydroxylation is 1. The van der Waals surface area contributed by atoms with E-state index in [2.05, 4.69) is 44.7 Å². The topological polar surface area (TPSA) is 15.8 Å². The van der Waals surface area contributed by atoms with Gasteiger partial charge in [-0.3, -0.25) is 0 Å². The molecular weight excluding hydrogens is 150 g/mol. The fraction of sp³-hybridized carbons (Fsp3) is 0.556. The summed E-state index contributed by atoms with van der Waals surface area (Å²) in [5, 5.41) is 1.50. The predicted octanol–water partition coefficient (Wildman–Crippen LogP) is 2.18. The van der Waals surface area contributed by atoms with E-state index in [9.17, 15) is 0 Å². The zero-order chi connectivity index (χ0) is 8.65. The highest BCUT2D eigenvalue weighted by Crippen LogP contribution is 2.08. The minimum Gasteiger partial charge on any atom is -0.368 e. The van der Waals surface area contributed by atoms with Crippen LogP contribution in [-0.4, -0.2) is 13.1 Å². The smallest absolute Gasteiger partial charge is 0.0985 e. The molecule has 0 fully saturated rings. The fourth-order valence-electron chi connectivity index (χ4n) is 1.37. The molecule has 0 amide bonds. The Balaban J connectivity index is 3.15. The third-order valence-corrected chi connectivity index (χ3v) is 4.17. The minimum atomic E-state index is -1.11. The lowest BCUT2D eigenvalue weighted by atomic mass is 10.2. The van der Waals surface area contributed by atoms with Crippen LogP contribution in [0.25, 0.3) is 0 Å². The average Bonchev–Trinajstić information content (AvgIpc) is 2.11. The Labute approximate surface area is 69.8 Å². The second-order valence-corrected chi connectivity index (χ2v) is 9.22. The van der Waals surface area contributed by atoms with Gasteiger partial charge in [-0.1, -0.05) is 19.6 Å². The van der Waals surface area contributed by atoms with Crippen molar-refractivity contribution in [1.29, 1.82) is 0 Å². The largest absolute Gasteiger partial charge is 0.368 e. The van der Waals surface area contributed by atoms with Crippen LogP contribution in [0.2, 0.25) is 19.6 Å².